The van der Waals surface area contributed by atoms with Gasteiger partial charge in [-0.3, -0.25) is 0 Å². The molecule has 0 aliphatic rings. The van der Waals surface area contributed by atoms with Gasteiger partial charge in [0, 0.05) is 5.38 Å². The van der Waals surface area contributed by atoms with Gasteiger partial charge in [-0.25, -0.2) is 9.78 Å². The summed E-state index contributed by atoms with van der Waals surface area (Å²) in [6.45, 7) is 2.39. The number of carbonyl (C=O) groups is 1. The quantitative estimate of drug-likeness (QED) is 0.886. The lowest BCUT2D eigenvalue weighted by Gasteiger charge is -2.10. The standard InChI is InChI=1S/C14H15NO4S/c1-3-13-15-10(8-20-13)7-19-11-5-4-9(14(16)17)6-12(11)18-2/h4-6,8H,3,7H2,1-2H3,(H,16,17). The van der Waals surface area contributed by atoms with Gasteiger partial charge in [-0.2, -0.15) is 0 Å². The lowest BCUT2D eigenvalue weighted by molar-refractivity contribution is 0.0696. The maximum Gasteiger partial charge on any atom is 0.335 e. The maximum atomic E-state index is 10.9. The fourth-order valence-electron chi connectivity index (χ4n) is 1.65. The predicted molar refractivity (Wildman–Crippen MR) is 75.8 cm³/mol. The lowest BCUT2D eigenvalue weighted by atomic mass is 10.2. The molecule has 0 aliphatic heterocycles. The molecular formula is C14H15NO4S. The first-order valence-electron chi connectivity index (χ1n) is 6.11. The fraction of sp³-hybridized carbons (Fsp3) is 0.286. The summed E-state index contributed by atoms with van der Waals surface area (Å²) in [6, 6.07) is 4.52. The molecule has 5 nitrogen and oxygen atoms in total. The van der Waals surface area contributed by atoms with Crippen LogP contribution in [0, 0.1) is 0 Å². The highest BCUT2D eigenvalue weighted by Crippen LogP contribution is 2.29. The van der Waals surface area contributed by atoms with Crippen LogP contribution in [0.25, 0.3) is 0 Å². The second-order valence-electron chi connectivity index (χ2n) is 4.05. The summed E-state index contributed by atoms with van der Waals surface area (Å²) >= 11 is 1.60. The van der Waals surface area contributed by atoms with E-state index in [0.29, 0.717) is 18.1 Å². The van der Waals surface area contributed by atoms with E-state index in [1.165, 1.54) is 19.2 Å². The van der Waals surface area contributed by atoms with Crippen molar-refractivity contribution in [3.63, 3.8) is 0 Å². The molecule has 106 valence electrons. The minimum absolute atomic E-state index is 0.163. The Balaban J connectivity index is 2.10. The van der Waals surface area contributed by atoms with Gasteiger partial charge in [0.1, 0.15) is 6.61 Å². The highest BCUT2D eigenvalue weighted by Gasteiger charge is 2.10. The number of carboxylic acid groups (broad SMARTS) is 1. The van der Waals surface area contributed by atoms with Gasteiger partial charge in [0.25, 0.3) is 0 Å². The molecular weight excluding hydrogens is 278 g/mol. The van der Waals surface area contributed by atoms with Crippen molar-refractivity contribution >= 4 is 17.3 Å². The zero-order valence-corrected chi connectivity index (χ0v) is 12.1. The Morgan fingerprint density at radius 3 is 2.80 bits per heavy atom. The fourth-order valence-corrected chi connectivity index (χ4v) is 2.38. The predicted octanol–water partition coefficient (Wildman–Crippen LogP) is 2.99. The van der Waals surface area contributed by atoms with Crippen molar-refractivity contribution in [3.05, 3.63) is 39.8 Å². The number of aromatic nitrogens is 1. The Hall–Kier alpha value is -2.08. The van der Waals surface area contributed by atoms with Gasteiger partial charge < -0.3 is 14.6 Å². The van der Waals surface area contributed by atoms with Crippen LogP contribution < -0.4 is 9.47 Å². The lowest BCUT2D eigenvalue weighted by Crippen LogP contribution is -2.01. The van der Waals surface area contributed by atoms with Crippen LogP contribution in [0.3, 0.4) is 0 Å². The molecule has 20 heavy (non-hydrogen) atoms. The van der Waals surface area contributed by atoms with Crippen LogP contribution in [-0.2, 0) is 13.0 Å². The minimum atomic E-state index is -0.998. The van der Waals surface area contributed by atoms with Crippen molar-refractivity contribution in [2.75, 3.05) is 7.11 Å². The summed E-state index contributed by atoms with van der Waals surface area (Å²) in [7, 11) is 1.48. The first-order chi connectivity index (χ1) is 9.63. The molecule has 0 saturated heterocycles. The van der Waals surface area contributed by atoms with Crippen molar-refractivity contribution in [3.8, 4) is 11.5 Å². The first kappa shape index (κ1) is 14.3. The van der Waals surface area contributed by atoms with E-state index in [4.69, 9.17) is 14.6 Å². The number of carboxylic acids is 1. The Morgan fingerprint density at radius 2 is 2.20 bits per heavy atom. The largest absolute Gasteiger partial charge is 0.493 e. The third-order valence-electron chi connectivity index (χ3n) is 2.69. The van der Waals surface area contributed by atoms with E-state index in [0.717, 1.165) is 17.1 Å². The molecule has 1 N–H and O–H groups in total. The summed E-state index contributed by atoms with van der Waals surface area (Å²) in [5.41, 5.74) is 1.02. The van der Waals surface area contributed by atoms with Gasteiger partial charge in [-0.15, -0.1) is 11.3 Å². The topological polar surface area (TPSA) is 68.7 Å². The SMILES string of the molecule is CCc1nc(COc2ccc(C(=O)O)cc2OC)cs1. The second kappa shape index (κ2) is 6.38. The molecule has 2 aromatic rings. The molecule has 2 rings (SSSR count). The van der Waals surface area contributed by atoms with Gasteiger partial charge in [-0.05, 0) is 24.6 Å². The number of hydrogen-bond donors (Lipinski definition) is 1. The molecule has 1 heterocycles. The number of nitrogens with zero attached hydrogens (tertiary/aromatic N) is 1. The molecule has 0 radical (unpaired) electrons. The average Bonchev–Trinajstić information content (AvgIpc) is 2.92. The number of methoxy groups -OCH3 is 1. The Bertz CT molecular complexity index is 609. The van der Waals surface area contributed by atoms with E-state index >= 15 is 0 Å². The van der Waals surface area contributed by atoms with Gasteiger partial charge in [0.15, 0.2) is 11.5 Å². The van der Waals surface area contributed by atoms with Gasteiger partial charge >= 0.3 is 5.97 Å². The average molecular weight is 293 g/mol. The number of thiazole rings is 1. The monoisotopic (exact) mass is 293 g/mol. The zero-order valence-electron chi connectivity index (χ0n) is 11.3. The van der Waals surface area contributed by atoms with E-state index in [2.05, 4.69) is 11.9 Å². The van der Waals surface area contributed by atoms with Crippen molar-refractivity contribution in [1.82, 2.24) is 4.98 Å². The van der Waals surface area contributed by atoms with Crippen LogP contribution in [-0.4, -0.2) is 23.2 Å². The smallest absolute Gasteiger partial charge is 0.335 e. The molecule has 0 aliphatic carbocycles. The van der Waals surface area contributed by atoms with Crippen LogP contribution in [0.1, 0.15) is 28.0 Å². The van der Waals surface area contributed by atoms with E-state index < -0.39 is 5.97 Å². The molecule has 0 atom stereocenters. The van der Waals surface area contributed by atoms with Crippen molar-refractivity contribution in [2.24, 2.45) is 0 Å². The zero-order chi connectivity index (χ0) is 14.5. The molecule has 0 saturated carbocycles. The van der Waals surface area contributed by atoms with Crippen LogP contribution in [0.15, 0.2) is 23.6 Å². The number of aryl methyl sites for hydroxylation is 1. The molecule has 0 unspecified atom stereocenters. The number of rotatable bonds is 6. The van der Waals surface area contributed by atoms with Crippen LogP contribution >= 0.6 is 11.3 Å². The minimum Gasteiger partial charge on any atom is -0.493 e. The normalized spacial score (nSPS) is 10.3. The number of aromatic carboxylic acids is 1. The van der Waals surface area contributed by atoms with E-state index in [-0.39, 0.29) is 5.56 Å². The highest BCUT2D eigenvalue weighted by atomic mass is 32.1. The summed E-state index contributed by atoms with van der Waals surface area (Å²) < 4.78 is 10.8. The maximum absolute atomic E-state index is 10.9. The Labute approximate surface area is 120 Å². The second-order valence-corrected chi connectivity index (χ2v) is 4.99. The third kappa shape index (κ3) is 3.27. The van der Waals surface area contributed by atoms with Crippen LogP contribution in [0.4, 0.5) is 0 Å². The molecule has 1 aromatic heterocycles. The van der Waals surface area contributed by atoms with Gasteiger partial charge in [0.2, 0.25) is 0 Å². The molecule has 6 heteroatoms. The third-order valence-corrected chi connectivity index (χ3v) is 3.73. The molecule has 0 fully saturated rings. The summed E-state index contributed by atoms with van der Waals surface area (Å²) in [5, 5.41) is 12.0. The van der Waals surface area contributed by atoms with E-state index in [9.17, 15) is 4.79 Å². The van der Waals surface area contributed by atoms with Crippen LogP contribution in [0.5, 0.6) is 11.5 Å². The molecule has 0 bridgehead atoms. The van der Waals surface area contributed by atoms with E-state index in [1.807, 2.05) is 5.38 Å². The van der Waals surface area contributed by atoms with Crippen molar-refractivity contribution < 1.29 is 19.4 Å². The number of hydrogen-bond acceptors (Lipinski definition) is 5. The summed E-state index contributed by atoms with van der Waals surface area (Å²) in [6.07, 6.45) is 0.904. The van der Waals surface area contributed by atoms with Crippen LogP contribution in [0.2, 0.25) is 0 Å². The van der Waals surface area contributed by atoms with Gasteiger partial charge in [0.05, 0.1) is 23.4 Å². The van der Waals surface area contributed by atoms with E-state index in [1.54, 1.807) is 17.4 Å². The summed E-state index contributed by atoms with van der Waals surface area (Å²) in [4.78, 5) is 15.3. The summed E-state index contributed by atoms with van der Waals surface area (Å²) in [5.74, 6) is -0.0960. The number of ether oxygens (including phenoxy) is 2. The number of benzene rings is 1. The molecule has 0 amide bonds. The molecule has 0 spiro atoms. The van der Waals surface area contributed by atoms with Gasteiger partial charge in [-0.1, -0.05) is 6.92 Å². The van der Waals surface area contributed by atoms with Crippen molar-refractivity contribution in [1.29, 1.82) is 0 Å². The molecule has 1 aromatic carbocycles. The Morgan fingerprint density at radius 1 is 1.40 bits per heavy atom. The highest BCUT2D eigenvalue weighted by molar-refractivity contribution is 7.09. The van der Waals surface area contributed by atoms with Crippen molar-refractivity contribution in [2.45, 2.75) is 20.0 Å². The Kier molecular flexibility index (Phi) is 4.57. The first-order valence-corrected chi connectivity index (χ1v) is 6.99.